The van der Waals surface area contributed by atoms with Gasteiger partial charge >= 0.3 is 4.38 Å². The van der Waals surface area contributed by atoms with Crippen molar-refractivity contribution < 1.29 is 41.1 Å². The normalized spacial score (nSPS) is 20.1. The SMILES string of the molecule is CSc1ccc(C(=O)C(C)(C)N2CCOCC2)cc1.O=C(c1ccccc1)C1(O)CCCCC1.[N-]=[N+]=C(S(=O)(=O)C1CCCCC1)S(=O)(=O)C1CCCCC1. The van der Waals surface area contributed by atoms with Gasteiger partial charge in [0, 0.05) is 29.1 Å². The molecule has 2 aromatic carbocycles. The lowest BCUT2D eigenvalue weighted by Crippen LogP contribution is -2.54. The largest absolute Gasteiger partial charge is 0.495 e. The van der Waals surface area contributed by atoms with Crippen LogP contribution in [0.5, 0.6) is 0 Å². The second kappa shape index (κ2) is 20.6. The van der Waals surface area contributed by atoms with Crippen molar-refractivity contribution >= 4 is 47.4 Å². The van der Waals surface area contributed by atoms with E-state index in [9.17, 15) is 31.5 Å². The number of rotatable bonds is 8. The molecule has 1 N–H and O–H groups in total. The summed E-state index contributed by atoms with van der Waals surface area (Å²) in [5.41, 5.74) is 8.94. The van der Waals surface area contributed by atoms with Crippen LogP contribution >= 0.6 is 11.8 Å². The number of morpholine rings is 1. The number of Topliss-reactive ketones (excluding diaryl/α,β-unsaturated/α-hetero) is 2. The van der Waals surface area contributed by atoms with E-state index in [1.165, 1.54) is 4.90 Å². The fraction of sp³-hybridized carbons (Fsp3) is 0.634. The Kier molecular flexibility index (Phi) is 16.9. The first kappa shape index (κ1) is 45.0. The first-order valence-corrected chi connectivity index (χ1v) is 24.0. The zero-order chi connectivity index (χ0) is 40.1. The first-order chi connectivity index (χ1) is 26.2. The minimum atomic E-state index is -4.07. The molecule has 14 heteroatoms. The maximum Gasteiger partial charge on any atom is 0.495 e. The minimum absolute atomic E-state index is 0.109. The Hall–Kier alpha value is -2.71. The molecule has 3 saturated carbocycles. The molecule has 1 aliphatic heterocycles. The van der Waals surface area contributed by atoms with E-state index in [0.29, 0.717) is 57.3 Å². The lowest BCUT2D eigenvalue weighted by atomic mass is 9.79. The summed E-state index contributed by atoms with van der Waals surface area (Å²) in [4.78, 5) is 30.9. The molecule has 304 valence electrons. The Morgan fingerprint density at radius 3 is 1.69 bits per heavy atom. The van der Waals surface area contributed by atoms with Gasteiger partial charge in [-0.25, -0.2) is 16.8 Å². The Morgan fingerprint density at radius 2 is 1.24 bits per heavy atom. The van der Waals surface area contributed by atoms with Crippen LogP contribution in [0, 0.1) is 0 Å². The Balaban J connectivity index is 0.000000186. The van der Waals surface area contributed by atoms with Crippen LogP contribution in [0.4, 0.5) is 0 Å². The third-order valence-electron chi connectivity index (χ3n) is 11.4. The Labute approximate surface area is 332 Å². The maximum absolute atomic E-state index is 12.7. The van der Waals surface area contributed by atoms with Gasteiger partial charge in [-0.15, -0.1) is 16.6 Å². The van der Waals surface area contributed by atoms with Gasteiger partial charge in [-0.2, -0.15) is 0 Å². The second-order valence-electron chi connectivity index (χ2n) is 15.5. The summed E-state index contributed by atoms with van der Waals surface area (Å²) >= 11 is 1.69. The van der Waals surface area contributed by atoms with E-state index in [2.05, 4.69) is 9.69 Å². The molecular weight excluding hydrogens is 759 g/mol. The van der Waals surface area contributed by atoms with E-state index in [-0.39, 0.29) is 11.6 Å². The van der Waals surface area contributed by atoms with E-state index in [1.807, 2.05) is 62.6 Å². The standard InChI is InChI=1S/C15H21NO2S.C13H22N2O4S2.C13H16O2/c1-15(2,16-8-10-18-11-9-16)14(17)12-4-6-13(19-3)7-5-12;14-15-13(20(16,17)11-7-3-1-4-8-11)21(18,19)12-9-5-2-6-10-12;14-12(11-7-3-1-4-8-11)13(15)9-5-2-6-10-13/h4-7H,8-11H2,1-3H3;11-12H,1-10H2;1,3-4,7-8,15H,2,5-6,9-10H2. The molecule has 6 rings (SSSR count). The number of carbonyl (C=O) groups is 2. The van der Waals surface area contributed by atoms with E-state index >= 15 is 0 Å². The smallest absolute Gasteiger partial charge is 0.382 e. The fourth-order valence-corrected chi connectivity index (χ4v) is 13.1. The van der Waals surface area contributed by atoms with E-state index in [4.69, 9.17) is 10.3 Å². The Morgan fingerprint density at radius 1 is 0.764 bits per heavy atom. The van der Waals surface area contributed by atoms with Crippen molar-refractivity contribution in [3.05, 3.63) is 71.3 Å². The third-order valence-corrected chi connectivity index (χ3v) is 17.4. The zero-order valence-electron chi connectivity index (χ0n) is 32.7. The van der Waals surface area contributed by atoms with Crippen molar-refractivity contribution in [1.82, 2.24) is 4.90 Å². The molecule has 55 heavy (non-hydrogen) atoms. The molecule has 11 nitrogen and oxygen atoms in total. The van der Waals surface area contributed by atoms with Gasteiger partial charge in [-0.05, 0) is 70.8 Å². The average molecular weight is 818 g/mol. The highest BCUT2D eigenvalue weighted by Crippen LogP contribution is 2.32. The first-order valence-electron chi connectivity index (χ1n) is 19.7. The predicted octanol–water partition coefficient (Wildman–Crippen LogP) is 7.33. The van der Waals surface area contributed by atoms with Crippen molar-refractivity contribution in [2.45, 2.75) is 137 Å². The number of hydrogen-bond acceptors (Lipinski definition) is 10. The molecule has 4 aliphatic rings. The second-order valence-corrected chi connectivity index (χ2v) is 20.9. The molecule has 0 amide bonds. The molecular formula is C41H59N3O8S3. The van der Waals surface area contributed by atoms with Crippen LogP contribution in [0.25, 0.3) is 5.53 Å². The van der Waals surface area contributed by atoms with Crippen molar-refractivity contribution in [3.8, 4) is 0 Å². The molecule has 4 fully saturated rings. The summed E-state index contributed by atoms with van der Waals surface area (Å²) in [5.74, 6) is 0.0739. The number of carbonyl (C=O) groups excluding carboxylic acids is 2. The summed E-state index contributed by atoms with van der Waals surface area (Å²) in [6, 6.07) is 17.0. The van der Waals surface area contributed by atoms with Crippen LogP contribution in [-0.4, -0.2) is 102 Å². The number of sulfone groups is 2. The molecule has 0 radical (unpaired) electrons. The number of benzene rings is 2. The van der Waals surface area contributed by atoms with Gasteiger partial charge in [0.2, 0.25) is 0 Å². The monoisotopic (exact) mass is 817 g/mol. The van der Waals surface area contributed by atoms with Crippen LogP contribution in [0.15, 0.2) is 59.5 Å². The molecule has 0 spiro atoms. The van der Waals surface area contributed by atoms with Crippen LogP contribution in [0.3, 0.4) is 0 Å². The maximum atomic E-state index is 12.7. The minimum Gasteiger partial charge on any atom is -0.382 e. The average Bonchev–Trinajstić information content (AvgIpc) is 3.22. The molecule has 0 aromatic heterocycles. The topological polar surface area (TPSA) is 172 Å². The third kappa shape index (κ3) is 11.7. The number of ether oxygens (including phenoxy) is 1. The molecule has 3 aliphatic carbocycles. The van der Waals surface area contributed by atoms with Crippen LogP contribution < -0.4 is 0 Å². The lowest BCUT2D eigenvalue weighted by molar-refractivity contribution is -0.00430. The van der Waals surface area contributed by atoms with Gasteiger partial charge in [0.05, 0.1) is 29.3 Å². The summed E-state index contributed by atoms with van der Waals surface area (Å²) < 4.78 is 54.5. The number of aliphatic hydroxyl groups is 1. The molecule has 2 aromatic rings. The Bertz CT molecular complexity index is 1770. The highest BCUT2D eigenvalue weighted by Gasteiger charge is 2.50. The van der Waals surface area contributed by atoms with Crippen molar-refractivity contribution in [3.63, 3.8) is 0 Å². The van der Waals surface area contributed by atoms with Gasteiger partial charge in [0.25, 0.3) is 19.7 Å². The van der Waals surface area contributed by atoms with Crippen molar-refractivity contribution in [2.75, 3.05) is 32.6 Å². The van der Waals surface area contributed by atoms with Crippen LogP contribution in [0.1, 0.15) is 131 Å². The fourth-order valence-electron chi connectivity index (χ4n) is 7.90. The van der Waals surface area contributed by atoms with Gasteiger partial charge < -0.3 is 15.4 Å². The zero-order valence-corrected chi connectivity index (χ0v) is 35.1. The van der Waals surface area contributed by atoms with Gasteiger partial charge in [0.1, 0.15) is 5.60 Å². The van der Waals surface area contributed by atoms with E-state index in [1.54, 1.807) is 23.9 Å². The highest BCUT2D eigenvalue weighted by molar-refractivity contribution is 8.31. The van der Waals surface area contributed by atoms with Crippen molar-refractivity contribution in [1.29, 1.82) is 0 Å². The van der Waals surface area contributed by atoms with Crippen LogP contribution in [-0.2, 0) is 24.4 Å². The van der Waals surface area contributed by atoms with Gasteiger partial charge in [0.15, 0.2) is 11.6 Å². The van der Waals surface area contributed by atoms with E-state index < -0.39 is 45.7 Å². The summed E-state index contributed by atoms with van der Waals surface area (Å²) in [5, 5.41) is 8.79. The van der Waals surface area contributed by atoms with Gasteiger partial charge in [-0.3, -0.25) is 14.5 Å². The van der Waals surface area contributed by atoms with E-state index in [0.717, 1.165) is 76.4 Å². The summed E-state index contributed by atoms with van der Waals surface area (Å²) in [6.45, 7) is 7.07. The van der Waals surface area contributed by atoms with Gasteiger partial charge in [-0.1, -0.05) is 100 Å². The summed E-state index contributed by atoms with van der Waals surface area (Å²) in [6.07, 6.45) is 13.1. The molecule has 0 bridgehead atoms. The molecule has 1 saturated heterocycles. The number of ketones is 2. The predicted molar refractivity (Wildman–Crippen MR) is 218 cm³/mol. The molecule has 0 atom stereocenters. The van der Waals surface area contributed by atoms with Crippen LogP contribution in [0.2, 0.25) is 0 Å². The van der Waals surface area contributed by atoms with Crippen molar-refractivity contribution in [2.24, 2.45) is 0 Å². The molecule has 1 heterocycles. The number of thioether (sulfide) groups is 1. The molecule has 0 unspecified atom stereocenters. The highest BCUT2D eigenvalue weighted by atomic mass is 32.3. The lowest BCUT2D eigenvalue weighted by Gasteiger charge is -2.39. The summed E-state index contributed by atoms with van der Waals surface area (Å²) in [7, 11) is -8.14. The number of nitrogens with zero attached hydrogens (tertiary/aromatic N) is 3. The number of hydrogen-bond donors (Lipinski definition) is 1. The quantitative estimate of drug-likeness (QED) is 0.0710.